The number of aliphatic hydroxyl groups excluding tert-OH is 1. The first-order valence-electron chi connectivity index (χ1n) is 6.35. The van der Waals surface area contributed by atoms with E-state index in [2.05, 4.69) is 5.32 Å². The number of methoxy groups -OCH3 is 1. The molecule has 1 heterocycles. The van der Waals surface area contributed by atoms with Crippen LogP contribution in [0.5, 0.6) is 5.75 Å². The Morgan fingerprint density at radius 2 is 1.81 bits per heavy atom. The lowest BCUT2D eigenvalue weighted by molar-refractivity contribution is -0.115. The van der Waals surface area contributed by atoms with Gasteiger partial charge in [-0.15, -0.1) is 0 Å². The lowest BCUT2D eigenvalue weighted by atomic mass is 10.2. The van der Waals surface area contributed by atoms with Crippen LogP contribution in [0.4, 0.5) is 5.69 Å². The Labute approximate surface area is 126 Å². The zero-order valence-electron chi connectivity index (χ0n) is 11.3. The highest BCUT2D eigenvalue weighted by Gasteiger charge is 2.23. The molecule has 2 aromatic rings. The van der Waals surface area contributed by atoms with Gasteiger partial charge in [-0.2, -0.15) is 0 Å². The van der Waals surface area contributed by atoms with E-state index in [0.29, 0.717) is 10.6 Å². The van der Waals surface area contributed by atoms with Crippen LogP contribution in [-0.2, 0) is 4.79 Å². The molecule has 0 unspecified atom stereocenters. The van der Waals surface area contributed by atoms with Gasteiger partial charge in [-0.1, -0.05) is 36.0 Å². The van der Waals surface area contributed by atoms with Crippen molar-refractivity contribution in [1.82, 2.24) is 0 Å². The molecule has 3 rings (SSSR count). The predicted molar refractivity (Wildman–Crippen MR) is 83.5 cm³/mol. The number of para-hydroxylation sites is 1. The number of ether oxygens (including phenoxy) is 1. The number of anilines is 1. The molecule has 2 N–H and O–H groups in total. The van der Waals surface area contributed by atoms with Crippen molar-refractivity contribution in [3.8, 4) is 5.75 Å². The third-order valence-electron chi connectivity index (χ3n) is 3.13. The molecule has 0 aliphatic carbocycles. The Kier molecular flexibility index (Phi) is 3.58. The minimum Gasteiger partial charge on any atom is -0.502 e. The fraction of sp³-hybridized carbons (Fsp3) is 0.0625. The first-order valence-corrected chi connectivity index (χ1v) is 7.16. The summed E-state index contributed by atoms with van der Waals surface area (Å²) in [7, 11) is 1.59. The van der Waals surface area contributed by atoms with Gasteiger partial charge in [0.2, 0.25) is 0 Å². The zero-order valence-corrected chi connectivity index (χ0v) is 12.1. The molecule has 0 bridgehead atoms. The third-order valence-corrected chi connectivity index (χ3v) is 4.34. The Bertz CT molecular complexity index is 723. The van der Waals surface area contributed by atoms with E-state index in [1.54, 1.807) is 19.2 Å². The summed E-state index contributed by atoms with van der Waals surface area (Å²) in [5, 5.41) is 12.9. The second-order valence-electron chi connectivity index (χ2n) is 4.46. The van der Waals surface area contributed by atoms with Crippen LogP contribution >= 0.6 is 11.8 Å². The molecule has 0 saturated carbocycles. The molecule has 0 aromatic heterocycles. The van der Waals surface area contributed by atoms with Gasteiger partial charge in [0.15, 0.2) is 5.76 Å². The van der Waals surface area contributed by atoms with Gasteiger partial charge < -0.3 is 15.2 Å². The summed E-state index contributed by atoms with van der Waals surface area (Å²) < 4.78 is 5.12. The van der Waals surface area contributed by atoms with Crippen molar-refractivity contribution in [3.05, 3.63) is 59.9 Å². The normalized spacial score (nSPS) is 14.2. The molecular formula is C16H13NO3S. The van der Waals surface area contributed by atoms with Crippen LogP contribution in [0.25, 0.3) is 4.91 Å². The van der Waals surface area contributed by atoms with Gasteiger partial charge in [-0.05, 0) is 29.8 Å². The molecule has 1 aliphatic rings. The van der Waals surface area contributed by atoms with Gasteiger partial charge >= 0.3 is 0 Å². The summed E-state index contributed by atoms with van der Waals surface area (Å²) in [5.41, 5.74) is 1.47. The van der Waals surface area contributed by atoms with Crippen molar-refractivity contribution in [3.63, 3.8) is 0 Å². The average molecular weight is 299 g/mol. The van der Waals surface area contributed by atoms with Gasteiger partial charge in [-0.3, -0.25) is 4.79 Å². The van der Waals surface area contributed by atoms with Crippen molar-refractivity contribution >= 4 is 28.3 Å². The van der Waals surface area contributed by atoms with E-state index >= 15 is 0 Å². The smallest absolute Gasteiger partial charge is 0.291 e. The summed E-state index contributed by atoms with van der Waals surface area (Å²) in [5.74, 6) is -0.0538. The Hall–Kier alpha value is -2.40. The molecule has 0 spiro atoms. The molecule has 4 nitrogen and oxygen atoms in total. The van der Waals surface area contributed by atoms with Gasteiger partial charge in [0, 0.05) is 4.90 Å². The number of benzene rings is 2. The van der Waals surface area contributed by atoms with Crippen LogP contribution < -0.4 is 10.1 Å². The molecule has 0 saturated heterocycles. The van der Waals surface area contributed by atoms with Gasteiger partial charge in [0.1, 0.15) is 5.75 Å². The highest BCUT2D eigenvalue weighted by atomic mass is 32.2. The maximum atomic E-state index is 12.0. The van der Waals surface area contributed by atoms with Crippen molar-refractivity contribution < 1.29 is 14.6 Å². The van der Waals surface area contributed by atoms with Crippen molar-refractivity contribution in [2.75, 3.05) is 12.4 Å². The number of hydrogen-bond donors (Lipinski definition) is 2. The van der Waals surface area contributed by atoms with Crippen molar-refractivity contribution in [2.24, 2.45) is 0 Å². The van der Waals surface area contributed by atoms with Crippen molar-refractivity contribution in [2.45, 2.75) is 4.90 Å². The van der Waals surface area contributed by atoms with E-state index in [-0.39, 0.29) is 5.76 Å². The molecule has 1 amide bonds. The number of rotatable bonds is 2. The standard InChI is InChI=1S/C16H13NO3S/c1-20-11-8-6-10(7-9-11)15-14(18)16(19)17-12-4-2-3-5-13(12)21-15/h2-9,18H,1H3,(H,17,19). The molecule has 0 radical (unpaired) electrons. The van der Waals surface area contributed by atoms with Gasteiger partial charge in [0.25, 0.3) is 5.91 Å². The molecule has 2 aromatic carbocycles. The highest BCUT2D eigenvalue weighted by Crippen LogP contribution is 2.42. The van der Waals surface area contributed by atoms with Crippen LogP contribution in [-0.4, -0.2) is 18.1 Å². The number of thioether (sulfide) groups is 1. The van der Waals surface area contributed by atoms with E-state index in [9.17, 15) is 9.90 Å². The fourth-order valence-electron chi connectivity index (χ4n) is 2.04. The average Bonchev–Trinajstić information content (AvgIpc) is 2.65. The van der Waals surface area contributed by atoms with E-state index in [1.807, 2.05) is 36.4 Å². The summed E-state index contributed by atoms with van der Waals surface area (Å²) in [4.78, 5) is 13.4. The summed E-state index contributed by atoms with van der Waals surface area (Å²) >= 11 is 1.36. The largest absolute Gasteiger partial charge is 0.502 e. The maximum Gasteiger partial charge on any atom is 0.291 e. The molecule has 0 fully saturated rings. The molecule has 5 heteroatoms. The highest BCUT2D eigenvalue weighted by molar-refractivity contribution is 8.08. The molecule has 0 atom stereocenters. The van der Waals surface area contributed by atoms with E-state index < -0.39 is 5.91 Å². The molecular weight excluding hydrogens is 286 g/mol. The van der Waals surface area contributed by atoms with E-state index in [4.69, 9.17) is 4.74 Å². The number of fused-ring (bicyclic) bond motifs is 1. The van der Waals surface area contributed by atoms with Crippen LogP contribution in [0.15, 0.2) is 59.2 Å². The van der Waals surface area contributed by atoms with E-state index in [1.165, 1.54) is 11.8 Å². The monoisotopic (exact) mass is 299 g/mol. The SMILES string of the molecule is COc1ccc(C2=C(O)C(=O)Nc3ccccc3S2)cc1. The summed E-state index contributed by atoms with van der Waals surface area (Å²) in [6, 6.07) is 14.7. The van der Waals surface area contributed by atoms with Gasteiger partial charge in [0.05, 0.1) is 17.7 Å². The molecule has 106 valence electrons. The zero-order chi connectivity index (χ0) is 14.8. The number of carbonyl (C=O) groups is 1. The second-order valence-corrected chi connectivity index (χ2v) is 5.51. The quantitative estimate of drug-likeness (QED) is 0.888. The van der Waals surface area contributed by atoms with E-state index in [0.717, 1.165) is 16.2 Å². The van der Waals surface area contributed by atoms with Crippen LogP contribution in [0, 0.1) is 0 Å². The minimum absolute atomic E-state index is 0.277. The first-order chi connectivity index (χ1) is 10.2. The first kappa shape index (κ1) is 13.6. The Balaban J connectivity index is 2.06. The minimum atomic E-state index is -0.502. The third kappa shape index (κ3) is 2.60. The fourth-order valence-corrected chi connectivity index (χ4v) is 3.08. The number of nitrogens with one attached hydrogen (secondary N) is 1. The van der Waals surface area contributed by atoms with Gasteiger partial charge in [-0.25, -0.2) is 0 Å². The molecule has 1 aliphatic heterocycles. The van der Waals surface area contributed by atoms with Crippen molar-refractivity contribution in [1.29, 1.82) is 0 Å². The number of aliphatic hydroxyl groups is 1. The number of carbonyl (C=O) groups excluding carboxylic acids is 1. The molecule has 21 heavy (non-hydrogen) atoms. The Morgan fingerprint density at radius 3 is 2.52 bits per heavy atom. The summed E-state index contributed by atoms with van der Waals surface area (Å²) in [6.07, 6.45) is 0. The lowest BCUT2D eigenvalue weighted by Gasteiger charge is -2.08. The van der Waals surface area contributed by atoms with Crippen LogP contribution in [0.3, 0.4) is 0 Å². The number of amides is 1. The van der Waals surface area contributed by atoms with Crippen LogP contribution in [0.1, 0.15) is 5.56 Å². The maximum absolute atomic E-state index is 12.0. The predicted octanol–water partition coefficient (Wildman–Crippen LogP) is 3.67. The summed E-state index contributed by atoms with van der Waals surface area (Å²) in [6.45, 7) is 0. The second kappa shape index (κ2) is 5.54. The lowest BCUT2D eigenvalue weighted by Crippen LogP contribution is -2.13. The van der Waals surface area contributed by atoms with Crippen LogP contribution in [0.2, 0.25) is 0 Å². The number of hydrogen-bond acceptors (Lipinski definition) is 4. The Morgan fingerprint density at radius 1 is 1.10 bits per heavy atom. The topological polar surface area (TPSA) is 58.6 Å².